The third kappa shape index (κ3) is 11.6. The van der Waals surface area contributed by atoms with E-state index in [1.54, 1.807) is 0 Å². The van der Waals surface area contributed by atoms with Crippen LogP contribution in [-0.4, -0.2) is 9.79 Å². The van der Waals surface area contributed by atoms with Crippen molar-refractivity contribution in [1.29, 1.82) is 0 Å². The zero-order valence-corrected chi connectivity index (χ0v) is 25.7. The number of hydrogen-bond acceptors (Lipinski definition) is 3. The zero-order chi connectivity index (χ0) is 26.9. The van der Waals surface area contributed by atoms with Crippen molar-refractivity contribution >= 4 is 8.60 Å². The van der Waals surface area contributed by atoms with Gasteiger partial charge in [0.1, 0.15) is 5.75 Å². The van der Waals surface area contributed by atoms with Gasteiger partial charge in [-0.15, -0.1) is 0 Å². The van der Waals surface area contributed by atoms with Gasteiger partial charge >= 0.3 is 8.60 Å². The molecule has 0 saturated heterocycles. The molecule has 0 aliphatic heterocycles. The third-order valence-electron chi connectivity index (χ3n) is 8.95. The molecular formula is C33H59O3P. The van der Waals surface area contributed by atoms with Gasteiger partial charge in [0, 0.05) is 0 Å². The summed E-state index contributed by atoms with van der Waals surface area (Å²) in [5.41, 5.74) is 4.32. The van der Waals surface area contributed by atoms with Crippen molar-refractivity contribution in [2.75, 3.05) is 0 Å². The summed E-state index contributed by atoms with van der Waals surface area (Å²) in [7, 11) is -2.39. The zero-order valence-electron chi connectivity index (χ0n) is 24.8. The van der Waals surface area contributed by atoms with Crippen LogP contribution in [0.4, 0.5) is 0 Å². The molecule has 1 unspecified atom stereocenters. The summed E-state index contributed by atoms with van der Waals surface area (Å²) in [6.07, 6.45) is 27.4. The summed E-state index contributed by atoms with van der Waals surface area (Å²) < 4.78 is 5.54. The minimum atomic E-state index is -2.39. The first-order valence-electron chi connectivity index (χ1n) is 15.9. The van der Waals surface area contributed by atoms with Crippen LogP contribution in [0.3, 0.4) is 0 Å². The minimum Gasteiger partial charge on any atom is -0.427 e. The first-order chi connectivity index (χ1) is 17.9. The molecule has 37 heavy (non-hydrogen) atoms. The van der Waals surface area contributed by atoms with E-state index in [-0.39, 0.29) is 5.41 Å². The SMILES string of the molecule is CCCCCCCCCCCCc1c2ccc(OP(O)O)c1CCCC(CCCCCCCC)C2(C)C. The van der Waals surface area contributed by atoms with Gasteiger partial charge in [-0.1, -0.05) is 130 Å². The maximum absolute atomic E-state index is 9.61. The maximum Gasteiger partial charge on any atom is 0.391 e. The number of rotatable bonds is 20. The van der Waals surface area contributed by atoms with E-state index in [9.17, 15) is 9.79 Å². The standard InChI is InChI=1S/C33H59O3P/c1-5-7-9-11-13-14-15-16-18-20-24-29-30-25-21-23-28(22-19-17-12-10-8-6-2)33(3,4)31(29)26-27-32(30)36-37(34)35/h26-28,34-35H,5-25H2,1-4H3. The van der Waals surface area contributed by atoms with Crippen molar-refractivity contribution in [3.8, 4) is 5.75 Å². The number of unbranched alkanes of at least 4 members (excludes halogenated alkanes) is 14. The van der Waals surface area contributed by atoms with Gasteiger partial charge in [-0.25, -0.2) is 0 Å². The largest absolute Gasteiger partial charge is 0.427 e. The number of fused-ring (bicyclic) bond motifs is 2. The number of hydrogen-bond donors (Lipinski definition) is 2. The van der Waals surface area contributed by atoms with Gasteiger partial charge in [0.2, 0.25) is 0 Å². The first kappa shape index (κ1) is 32.6. The van der Waals surface area contributed by atoms with Gasteiger partial charge in [0.15, 0.2) is 0 Å². The normalized spacial score (nSPS) is 17.1. The second kappa shape index (κ2) is 18.6. The third-order valence-corrected chi connectivity index (χ3v) is 9.31. The van der Waals surface area contributed by atoms with Gasteiger partial charge in [-0.3, -0.25) is 0 Å². The summed E-state index contributed by atoms with van der Waals surface area (Å²) in [5.74, 6) is 1.41. The van der Waals surface area contributed by atoms with Crippen molar-refractivity contribution in [3.63, 3.8) is 0 Å². The van der Waals surface area contributed by atoms with E-state index in [1.165, 1.54) is 132 Å². The van der Waals surface area contributed by atoms with Crippen LogP contribution in [0.15, 0.2) is 12.1 Å². The van der Waals surface area contributed by atoms with E-state index >= 15 is 0 Å². The smallest absolute Gasteiger partial charge is 0.391 e. The maximum atomic E-state index is 9.61. The van der Waals surface area contributed by atoms with E-state index in [0.29, 0.717) is 11.7 Å². The highest BCUT2D eigenvalue weighted by Gasteiger charge is 2.35. The van der Waals surface area contributed by atoms with E-state index in [2.05, 4.69) is 33.8 Å². The van der Waals surface area contributed by atoms with Crippen LogP contribution in [-0.2, 0) is 18.3 Å². The Morgan fingerprint density at radius 2 is 1.32 bits per heavy atom. The van der Waals surface area contributed by atoms with Crippen molar-refractivity contribution < 1.29 is 14.3 Å². The molecule has 2 bridgehead atoms. The molecule has 0 amide bonds. The van der Waals surface area contributed by atoms with Crippen molar-refractivity contribution in [3.05, 3.63) is 28.8 Å². The molecular weight excluding hydrogens is 475 g/mol. The van der Waals surface area contributed by atoms with Gasteiger partial charge in [-0.05, 0) is 72.6 Å². The van der Waals surface area contributed by atoms with Crippen LogP contribution in [0, 0.1) is 5.92 Å². The molecule has 214 valence electrons. The fourth-order valence-electron chi connectivity index (χ4n) is 6.58. The summed E-state index contributed by atoms with van der Waals surface area (Å²) >= 11 is 0. The average molecular weight is 535 g/mol. The molecule has 0 spiro atoms. The molecule has 2 N–H and O–H groups in total. The Morgan fingerprint density at radius 3 is 1.89 bits per heavy atom. The molecule has 1 aromatic rings. The summed E-state index contributed by atoms with van der Waals surface area (Å²) in [6, 6.07) is 4.27. The Hall–Kier alpha value is -0.630. The molecule has 0 saturated carbocycles. The molecule has 0 heterocycles. The van der Waals surface area contributed by atoms with Crippen molar-refractivity contribution in [2.24, 2.45) is 5.92 Å². The van der Waals surface area contributed by atoms with E-state index in [0.717, 1.165) is 19.3 Å². The summed E-state index contributed by atoms with van der Waals surface area (Å²) in [5, 5.41) is 0. The van der Waals surface area contributed by atoms with Crippen molar-refractivity contribution in [1.82, 2.24) is 0 Å². The molecule has 3 nitrogen and oxygen atoms in total. The fourth-order valence-corrected chi connectivity index (χ4v) is 6.93. The lowest BCUT2D eigenvalue weighted by molar-refractivity contribution is 0.260. The quantitative estimate of drug-likeness (QED) is 0.129. The van der Waals surface area contributed by atoms with Crippen LogP contribution >= 0.6 is 8.60 Å². The molecule has 1 aromatic carbocycles. The fraction of sp³-hybridized carbons (Fsp3) is 0.818. The predicted molar refractivity (Wildman–Crippen MR) is 161 cm³/mol. The van der Waals surface area contributed by atoms with Crippen LogP contribution in [0.5, 0.6) is 5.75 Å². The van der Waals surface area contributed by atoms with Crippen LogP contribution < -0.4 is 4.52 Å². The summed E-state index contributed by atoms with van der Waals surface area (Å²) in [4.78, 5) is 19.2. The lowest BCUT2D eigenvalue weighted by Gasteiger charge is -2.39. The highest BCUT2D eigenvalue weighted by molar-refractivity contribution is 7.39. The molecule has 4 heteroatoms. The van der Waals surface area contributed by atoms with Gasteiger partial charge in [0.25, 0.3) is 0 Å². The Morgan fingerprint density at radius 1 is 0.784 bits per heavy atom. The molecule has 2 rings (SSSR count). The van der Waals surface area contributed by atoms with E-state index in [4.69, 9.17) is 4.52 Å². The molecule has 1 aliphatic carbocycles. The molecule has 1 atom stereocenters. The Balaban J connectivity index is 2.03. The summed E-state index contributed by atoms with van der Waals surface area (Å²) in [6.45, 7) is 9.50. The van der Waals surface area contributed by atoms with Gasteiger partial charge < -0.3 is 14.3 Å². The Kier molecular flexibility index (Phi) is 16.4. The van der Waals surface area contributed by atoms with Crippen LogP contribution in [0.1, 0.15) is 166 Å². The minimum absolute atomic E-state index is 0.133. The second-order valence-electron chi connectivity index (χ2n) is 12.2. The Labute approximate surface area is 231 Å². The van der Waals surface area contributed by atoms with E-state index in [1.807, 2.05) is 6.07 Å². The molecule has 0 fully saturated rings. The predicted octanol–water partition coefficient (Wildman–Crippen LogP) is 10.7. The highest BCUT2D eigenvalue weighted by atomic mass is 31.2. The highest BCUT2D eigenvalue weighted by Crippen LogP contribution is 2.46. The van der Waals surface area contributed by atoms with E-state index < -0.39 is 8.60 Å². The lowest BCUT2D eigenvalue weighted by atomic mass is 9.65. The number of benzene rings is 1. The molecule has 0 radical (unpaired) electrons. The average Bonchev–Trinajstić information content (AvgIpc) is 2.86. The lowest BCUT2D eigenvalue weighted by Crippen LogP contribution is -2.32. The van der Waals surface area contributed by atoms with Gasteiger partial charge in [0.05, 0.1) is 0 Å². The van der Waals surface area contributed by atoms with Gasteiger partial charge in [-0.2, -0.15) is 0 Å². The molecule has 0 aromatic heterocycles. The molecule has 1 aliphatic rings. The monoisotopic (exact) mass is 534 g/mol. The Bertz CT molecular complexity index is 731. The topological polar surface area (TPSA) is 49.7 Å². The first-order valence-corrected chi connectivity index (χ1v) is 17.1. The second-order valence-corrected chi connectivity index (χ2v) is 12.9. The van der Waals surface area contributed by atoms with Crippen molar-refractivity contribution in [2.45, 2.75) is 168 Å². The van der Waals surface area contributed by atoms with Crippen LogP contribution in [0.25, 0.3) is 0 Å². The van der Waals surface area contributed by atoms with Crippen LogP contribution in [0.2, 0.25) is 0 Å².